The Morgan fingerprint density at radius 1 is 1.21 bits per heavy atom. The lowest BCUT2D eigenvalue weighted by Crippen LogP contribution is -2.63. The van der Waals surface area contributed by atoms with Crippen LogP contribution in [-0.2, 0) is 9.53 Å². The van der Waals surface area contributed by atoms with Gasteiger partial charge < -0.3 is 25.2 Å². The molecule has 0 aliphatic carbocycles. The second kappa shape index (κ2) is 8.21. The molecule has 0 bridgehead atoms. The quantitative estimate of drug-likeness (QED) is 0.215. The predicted octanol–water partition coefficient (Wildman–Crippen LogP) is -0.404. The molecule has 5 atom stereocenters. The molecule has 150 valence electrons. The molecule has 2 saturated heterocycles. The van der Waals surface area contributed by atoms with Crippen molar-refractivity contribution in [3.63, 3.8) is 0 Å². The number of carbonyl (C=O) groups is 1. The first-order chi connectivity index (χ1) is 13.2. The Morgan fingerprint density at radius 3 is 2.43 bits per heavy atom. The second-order valence-electron chi connectivity index (χ2n) is 6.12. The Labute approximate surface area is 168 Å². The van der Waals surface area contributed by atoms with E-state index in [4.69, 9.17) is 17.0 Å². The van der Waals surface area contributed by atoms with Crippen molar-refractivity contribution in [2.45, 2.75) is 30.6 Å². The number of ether oxygens (including phenoxy) is 1. The number of aliphatic hydroxyl groups excluding tert-OH is 4. The van der Waals surface area contributed by atoms with E-state index in [1.54, 1.807) is 0 Å². The van der Waals surface area contributed by atoms with Crippen LogP contribution >= 0.6 is 24.0 Å². The summed E-state index contributed by atoms with van der Waals surface area (Å²) in [7, 11) is 0. The number of carbonyl (C=O) groups excluding carboxylic acids is 1. The molecule has 1 amide bonds. The van der Waals surface area contributed by atoms with Gasteiger partial charge in [-0.05, 0) is 23.8 Å². The molecule has 1 aromatic carbocycles. The zero-order valence-corrected chi connectivity index (χ0v) is 15.7. The summed E-state index contributed by atoms with van der Waals surface area (Å²) in [5, 5.41) is 50.0. The Morgan fingerprint density at radius 2 is 1.86 bits per heavy atom. The van der Waals surface area contributed by atoms with Crippen molar-refractivity contribution < 1.29 is 34.9 Å². The number of nitro groups is 1. The number of hydrogen-bond donors (Lipinski definition) is 4. The first-order valence-corrected chi connectivity index (χ1v) is 9.29. The van der Waals surface area contributed by atoms with Crippen molar-refractivity contribution in [1.29, 1.82) is 0 Å². The van der Waals surface area contributed by atoms with Gasteiger partial charge in [0.1, 0.15) is 24.4 Å². The number of nitrogens with zero attached hydrogens (tertiary/aromatic N) is 2. The number of aliphatic hydroxyl groups is 4. The first-order valence-electron chi connectivity index (χ1n) is 8.06. The summed E-state index contributed by atoms with van der Waals surface area (Å²) < 4.78 is 5.45. The van der Waals surface area contributed by atoms with Crippen LogP contribution in [-0.4, -0.2) is 77.7 Å². The molecule has 12 heteroatoms. The lowest BCUT2D eigenvalue weighted by Gasteiger charge is -2.42. The van der Waals surface area contributed by atoms with Gasteiger partial charge in [0.2, 0.25) is 0 Å². The molecular weight excluding hydrogens is 412 g/mol. The molecule has 2 aliphatic heterocycles. The zero-order valence-electron chi connectivity index (χ0n) is 14.1. The van der Waals surface area contributed by atoms with Crippen LogP contribution in [0.4, 0.5) is 5.69 Å². The summed E-state index contributed by atoms with van der Waals surface area (Å²) in [6.07, 6.45) is -5.91. The first kappa shape index (κ1) is 20.8. The standard InChI is InChI=1S/C16H16N2O8S2/c19-6-9-11(20)12(21)13(22)15(26-9)17-14(23)10(28-16(17)27)5-7-1-3-8(4-2-7)18(24)25/h1-5,9,11-13,15,19-22H,6H2. The second-order valence-corrected chi connectivity index (χ2v) is 7.80. The molecule has 0 spiro atoms. The maximum Gasteiger partial charge on any atom is 0.269 e. The highest BCUT2D eigenvalue weighted by Gasteiger charge is 2.50. The third-order valence-corrected chi connectivity index (χ3v) is 5.68. The average molecular weight is 428 g/mol. The predicted molar refractivity (Wildman–Crippen MR) is 102 cm³/mol. The van der Waals surface area contributed by atoms with E-state index in [1.807, 2.05) is 0 Å². The topological polar surface area (TPSA) is 154 Å². The summed E-state index contributed by atoms with van der Waals surface area (Å²) in [6, 6.07) is 5.53. The minimum atomic E-state index is -1.64. The molecule has 2 aliphatic rings. The summed E-state index contributed by atoms with van der Waals surface area (Å²) in [4.78, 5) is 24.1. The molecule has 4 N–H and O–H groups in total. The van der Waals surface area contributed by atoms with Crippen LogP contribution in [0.3, 0.4) is 0 Å². The fourth-order valence-electron chi connectivity index (χ4n) is 2.84. The minimum absolute atomic E-state index is 0.0579. The van der Waals surface area contributed by atoms with E-state index in [0.29, 0.717) is 5.56 Å². The molecule has 0 saturated carbocycles. The van der Waals surface area contributed by atoms with E-state index in [0.717, 1.165) is 16.7 Å². The maximum atomic E-state index is 12.8. The molecule has 2 heterocycles. The van der Waals surface area contributed by atoms with Gasteiger partial charge in [0, 0.05) is 12.1 Å². The van der Waals surface area contributed by atoms with Gasteiger partial charge in [-0.2, -0.15) is 0 Å². The highest BCUT2D eigenvalue weighted by molar-refractivity contribution is 8.26. The van der Waals surface area contributed by atoms with E-state index < -0.39 is 48.1 Å². The Hall–Kier alpha value is -1.93. The lowest BCUT2D eigenvalue weighted by atomic mass is 9.98. The van der Waals surface area contributed by atoms with Crippen molar-refractivity contribution in [3.05, 3.63) is 44.8 Å². The van der Waals surface area contributed by atoms with Gasteiger partial charge in [-0.1, -0.05) is 24.0 Å². The van der Waals surface area contributed by atoms with Crippen molar-refractivity contribution in [3.8, 4) is 0 Å². The van der Waals surface area contributed by atoms with Crippen LogP contribution in [0.2, 0.25) is 0 Å². The number of thiocarbonyl (C=S) groups is 1. The molecule has 5 unspecified atom stereocenters. The Bertz CT molecular complexity index is 828. The minimum Gasteiger partial charge on any atom is -0.394 e. The number of thioether (sulfide) groups is 1. The van der Waals surface area contributed by atoms with Gasteiger partial charge in [-0.15, -0.1) is 0 Å². The molecule has 2 fully saturated rings. The number of hydrogen-bond acceptors (Lipinski definition) is 10. The third-order valence-electron chi connectivity index (χ3n) is 4.35. The summed E-state index contributed by atoms with van der Waals surface area (Å²) in [6.45, 7) is -0.630. The highest BCUT2D eigenvalue weighted by Crippen LogP contribution is 2.37. The van der Waals surface area contributed by atoms with Crippen LogP contribution in [0.15, 0.2) is 29.2 Å². The van der Waals surface area contributed by atoms with E-state index in [1.165, 1.54) is 30.3 Å². The fraction of sp³-hybridized carbons (Fsp3) is 0.375. The van der Waals surface area contributed by atoms with Gasteiger partial charge in [0.25, 0.3) is 11.6 Å². The summed E-state index contributed by atoms with van der Waals surface area (Å²) in [5.74, 6) is -0.599. The lowest BCUT2D eigenvalue weighted by molar-refractivity contribution is -0.384. The third kappa shape index (κ3) is 3.80. The molecule has 0 aromatic heterocycles. The van der Waals surface area contributed by atoms with Crippen molar-refractivity contribution in [1.82, 2.24) is 4.90 Å². The largest absolute Gasteiger partial charge is 0.394 e. The van der Waals surface area contributed by atoms with Gasteiger partial charge in [0.05, 0.1) is 16.4 Å². The fourth-order valence-corrected chi connectivity index (χ4v) is 4.15. The average Bonchev–Trinajstić information content (AvgIpc) is 2.94. The normalized spacial score (nSPS) is 32.2. The number of benzene rings is 1. The molecule has 0 radical (unpaired) electrons. The maximum absolute atomic E-state index is 12.8. The van der Waals surface area contributed by atoms with Crippen LogP contribution < -0.4 is 0 Å². The van der Waals surface area contributed by atoms with Crippen LogP contribution in [0.5, 0.6) is 0 Å². The number of non-ortho nitro benzene ring substituents is 1. The Balaban J connectivity index is 1.84. The number of amides is 1. The van der Waals surface area contributed by atoms with Crippen molar-refractivity contribution in [2.75, 3.05) is 6.61 Å². The van der Waals surface area contributed by atoms with Gasteiger partial charge in [-0.25, -0.2) is 0 Å². The number of nitro benzene ring substituents is 1. The SMILES string of the molecule is O=C1C(=Cc2ccc([N+](=O)[O-])cc2)SC(=S)N1C1OC(CO)C(O)C(O)C1O. The van der Waals surface area contributed by atoms with Crippen molar-refractivity contribution >= 4 is 46.0 Å². The molecular formula is C16H16N2O8S2. The summed E-state index contributed by atoms with van der Waals surface area (Å²) >= 11 is 6.11. The molecule has 10 nitrogen and oxygen atoms in total. The van der Waals surface area contributed by atoms with E-state index in [2.05, 4.69) is 0 Å². The van der Waals surface area contributed by atoms with Crippen molar-refractivity contribution in [2.24, 2.45) is 0 Å². The van der Waals surface area contributed by atoms with Crippen LogP contribution in [0.1, 0.15) is 5.56 Å². The van der Waals surface area contributed by atoms with Gasteiger partial charge in [0.15, 0.2) is 10.5 Å². The molecule has 1 aromatic rings. The summed E-state index contributed by atoms with van der Waals surface area (Å²) in [5.41, 5.74) is 0.436. The molecule has 28 heavy (non-hydrogen) atoms. The molecule has 3 rings (SSSR count). The van der Waals surface area contributed by atoms with Crippen LogP contribution in [0.25, 0.3) is 6.08 Å². The van der Waals surface area contributed by atoms with Gasteiger partial charge in [-0.3, -0.25) is 19.8 Å². The van der Waals surface area contributed by atoms with E-state index >= 15 is 0 Å². The smallest absolute Gasteiger partial charge is 0.269 e. The van der Waals surface area contributed by atoms with Gasteiger partial charge >= 0.3 is 0 Å². The van der Waals surface area contributed by atoms with E-state index in [-0.39, 0.29) is 14.9 Å². The number of rotatable bonds is 4. The van der Waals surface area contributed by atoms with Crippen LogP contribution in [0, 0.1) is 10.1 Å². The highest BCUT2D eigenvalue weighted by atomic mass is 32.2. The monoisotopic (exact) mass is 428 g/mol. The Kier molecular flexibility index (Phi) is 6.09. The zero-order chi connectivity index (χ0) is 20.6. The van der Waals surface area contributed by atoms with E-state index in [9.17, 15) is 35.3 Å².